The molecule has 0 atom stereocenters. The number of thiophene rings is 1. The second-order valence-electron chi connectivity index (χ2n) is 7.81. The molecule has 170 valence electrons. The van der Waals surface area contributed by atoms with Crippen molar-refractivity contribution in [1.29, 1.82) is 0 Å². The number of amides is 2. The summed E-state index contributed by atoms with van der Waals surface area (Å²) in [5.74, 6) is -0.675. The molecule has 5 rings (SSSR count). The number of methoxy groups -OCH3 is 1. The van der Waals surface area contributed by atoms with Gasteiger partial charge in [0.2, 0.25) is 0 Å². The highest BCUT2D eigenvalue weighted by atomic mass is 32.1. The van der Waals surface area contributed by atoms with E-state index in [4.69, 9.17) is 16.2 Å². The number of primary amides is 2. The summed E-state index contributed by atoms with van der Waals surface area (Å²) in [5.41, 5.74) is 16.9. The van der Waals surface area contributed by atoms with Gasteiger partial charge in [0.05, 0.1) is 39.8 Å². The van der Waals surface area contributed by atoms with E-state index in [0.717, 1.165) is 38.4 Å². The molecule has 0 aliphatic rings. The van der Waals surface area contributed by atoms with Crippen LogP contribution in [0, 0.1) is 6.92 Å². The van der Waals surface area contributed by atoms with Crippen LogP contribution in [0.2, 0.25) is 0 Å². The van der Waals surface area contributed by atoms with E-state index in [0.29, 0.717) is 16.2 Å². The van der Waals surface area contributed by atoms with Crippen molar-refractivity contribution in [3.63, 3.8) is 0 Å². The van der Waals surface area contributed by atoms with Crippen LogP contribution < -0.4 is 16.2 Å². The summed E-state index contributed by atoms with van der Waals surface area (Å²) < 4.78 is 10.3. The van der Waals surface area contributed by atoms with Crippen LogP contribution in [-0.4, -0.2) is 33.0 Å². The van der Waals surface area contributed by atoms with Crippen LogP contribution in [0.15, 0.2) is 67.3 Å². The minimum atomic E-state index is -0.571. The number of benzene rings is 2. The zero-order valence-electron chi connectivity index (χ0n) is 18.5. The number of aryl methyl sites for hydroxylation is 1. The molecule has 2 aromatic carbocycles. The van der Waals surface area contributed by atoms with Crippen molar-refractivity contribution in [2.24, 2.45) is 11.5 Å². The first kappa shape index (κ1) is 21.5. The highest BCUT2D eigenvalue weighted by Gasteiger charge is 2.20. The Bertz CT molecular complexity index is 1560. The van der Waals surface area contributed by atoms with Crippen molar-refractivity contribution in [2.45, 2.75) is 6.92 Å². The molecular formula is C25H21N5O3S. The van der Waals surface area contributed by atoms with Gasteiger partial charge in [-0.1, -0.05) is 6.07 Å². The summed E-state index contributed by atoms with van der Waals surface area (Å²) in [6.07, 6.45) is 5.39. The molecule has 0 fully saturated rings. The molecule has 5 aromatic rings. The van der Waals surface area contributed by atoms with Gasteiger partial charge < -0.3 is 25.3 Å². The topological polar surface area (TPSA) is 118 Å². The normalized spacial score (nSPS) is 11.1. The van der Waals surface area contributed by atoms with Crippen LogP contribution in [0.1, 0.15) is 25.6 Å². The number of carbonyl (C=O) groups is 2. The van der Waals surface area contributed by atoms with Crippen molar-refractivity contribution in [2.75, 3.05) is 7.11 Å². The summed E-state index contributed by atoms with van der Waals surface area (Å²) in [5, 5.41) is 0. The Morgan fingerprint density at radius 1 is 1.00 bits per heavy atom. The molecule has 0 radical (unpaired) electrons. The second-order valence-corrected chi connectivity index (χ2v) is 8.89. The number of aromatic nitrogens is 3. The van der Waals surface area contributed by atoms with E-state index in [1.54, 1.807) is 30.7 Å². The molecule has 9 heteroatoms. The van der Waals surface area contributed by atoms with Crippen LogP contribution in [0.4, 0.5) is 0 Å². The largest absolute Gasteiger partial charge is 0.496 e. The molecule has 4 N–H and O–H groups in total. The van der Waals surface area contributed by atoms with Gasteiger partial charge in [-0.25, -0.2) is 4.98 Å². The van der Waals surface area contributed by atoms with Crippen molar-refractivity contribution >= 4 is 33.4 Å². The van der Waals surface area contributed by atoms with Gasteiger partial charge in [0, 0.05) is 35.4 Å². The number of nitrogens with two attached hydrogens (primary N) is 2. The predicted octanol–water partition coefficient (Wildman–Crippen LogP) is 4.06. The monoisotopic (exact) mass is 471 g/mol. The molecule has 0 bridgehead atoms. The number of ether oxygens (including phenoxy) is 1. The van der Waals surface area contributed by atoms with Crippen LogP contribution in [0.3, 0.4) is 0 Å². The molecule has 0 spiro atoms. The number of hydrogen-bond acceptors (Lipinski definition) is 5. The van der Waals surface area contributed by atoms with Crippen molar-refractivity contribution < 1.29 is 14.3 Å². The third-order valence-corrected chi connectivity index (χ3v) is 6.82. The fourth-order valence-electron chi connectivity index (χ4n) is 4.12. The number of carbonyl (C=O) groups excluding carboxylic acids is 2. The molecular weight excluding hydrogens is 450 g/mol. The first-order valence-electron chi connectivity index (χ1n) is 10.4. The Morgan fingerprint density at radius 3 is 2.44 bits per heavy atom. The molecule has 0 aliphatic carbocycles. The number of imidazole rings is 1. The molecule has 0 saturated carbocycles. The van der Waals surface area contributed by atoms with Gasteiger partial charge in [0.1, 0.15) is 5.75 Å². The Balaban J connectivity index is 1.74. The van der Waals surface area contributed by atoms with Crippen molar-refractivity contribution in [3.05, 3.63) is 83.3 Å². The number of nitrogens with zero attached hydrogens (tertiary/aromatic N) is 3. The zero-order valence-corrected chi connectivity index (χ0v) is 19.3. The maximum Gasteiger partial charge on any atom is 0.258 e. The quantitative estimate of drug-likeness (QED) is 0.388. The van der Waals surface area contributed by atoms with Gasteiger partial charge in [0.25, 0.3) is 11.8 Å². The van der Waals surface area contributed by atoms with Gasteiger partial charge in [-0.3, -0.25) is 9.59 Å². The highest BCUT2D eigenvalue weighted by molar-refractivity contribution is 7.20. The lowest BCUT2D eigenvalue weighted by Crippen LogP contribution is -2.13. The van der Waals surface area contributed by atoms with Crippen LogP contribution in [0.25, 0.3) is 32.8 Å². The second kappa shape index (κ2) is 8.20. The van der Waals surface area contributed by atoms with Gasteiger partial charge in [-0.05, 0) is 48.9 Å². The van der Waals surface area contributed by atoms with E-state index in [1.165, 1.54) is 18.4 Å². The van der Waals surface area contributed by atoms with E-state index in [2.05, 4.69) is 17.1 Å². The van der Waals surface area contributed by atoms with Crippen molar-refractivity contribution in [3.8, 4) is 28.4 Å². The molecule has 8 nitrogen and oxygen atoms in total. The Labute approximate surface area is 199 Å². The minimum absolute atomic E-state index is 0.292. The predicted molar refractivity (Wildman–Crippen MR) is 132 cm³/mol. The third-order valence-electron chi connectivity index (χ3n) is 5.73. The van der Waals surface area contributed by atoms with E-state index < -0.39 is 11.8 Å². The number of fused-ring (bicyclic) bond motifs is 1. The highest BCUT2D eigenvalue weighted by Crippen LogP contribution is 2.38. The third kappa shape index (κ3) is 3.52. The summed E-state index contributed by atoms with van der Waals surface area (Å²) >= 11 is 1.34. The first-order chi connectivity index (χ1) is 16.4. The van der Waals surface area contributed by atoms with E-state index in [9.17, 15) is 9.59 Å². The molecule has 0 unspecified atom stereocenters. The van der Waals surface area contributed by atoms with Gasteiger partial charge in [-0.15, -0.1) is 11.3 Å². The van der Waals surface area contributed by atoms with Crippen molar-refractivity contribution in [1.82, 2.24) is 14.1 Å². The van der Waals surface area contributed by atoms with Crippen LogP contribution >= 0.6 is 11.3 Å². The van der Waals surface area contributed by atoms with E-state index >= 15 is 0 Å². The van der Waals surface area contributed by atoms with Gasteiger partial charge in [0.15, 0.2) is 0 Å². The first-order valence-corrected chi connectivity index (χ1v) is 11.2. The van der Waals surface area contributed by atoms with Crippen LogP contribution in [0.5, 0.6) is 5.75 Å². The maximum absolute atomic E-state index is 11.8. The minimum Gasteiger partial charge on any atom is -0.496 e. The lowest BCUT2D eigenvalue weighted by Gasteiger charge is -2.15. The molecule has 3 aromatic heterocycles. The zero-order chi connectivity index (χ0) is 24.0. The maximum atomic E-state index is 11.8. The molecule has 2 amide bonds. The average Bonchev–Trinajstić information content (AvgIpc) is 3.54. The molecule has 3 heterocycles. The summed E-state index contributed by atoms with van der Waals surface area (Å²) in [4.78, 5) is 28.2. The SMILES string of the molecule is COc1cc(-n2c(-c3ccc(-n4ccnc4)cc3C)cc3sc(C(N)=O)cc32)ccc1C(N)=O. The van der Waals surface area contributed by atoms with Crippen LogP contribution in [-0.2, 0) is 0 Å². The van der Waals surface area contributed by atoms with Gasteiger partial charge >= 0.3 is 0 Å². The molecule has 34 heavy (non-hydrogen) atoms. The van der Waals surface area contributed by atoms with E-state index in [1.807, 2.05) is 40.5 Å². The average molecular weight is 472 g/mol. The fourth-order valence-corrected chi connectivity index (χ4v) is 5.05. The van der Waals surface area contributed by atoms with Gasteiger partial charge in [-0.2, -0.15) is 0 Å². The molecule has 0 saturated heterocycles. The Kier molecular flexibility index (Phi) is 5.18. The summed E-state index contributed by atoms with van der Waals surface area (Å²) in [6, 6.07) is 15.2. The standard InChI is InChI=1S/C25H21N5O3S/c1-14-9-15(29-8-7-28-13-29)3-5-17(14)19-11-22-20(12-23(34-22)25(27)32)30(19)16-4-6-18(24(26)31)21(10-16)33-2/h3-13H,1-2H3,(H2,26,31)(H2,27,32). The Morgan fingerprint density at radius 2 is 1.79 bits per heavy atom. The number of rotatable bonds is 6. The lowest BCUT2D eigenvalue weighted by molar-refractivity contribution is 0.0991. The lowest BCUT2D eigenvalue weighted by atomic mass is 10.0. The number of hydrogen-bond donors (Lipinski definition) is 2. The Hall–Kier alpha value is -4.37. The fraction of sp³-hybridized carbons (Fsp3) is 0.0800. The smallest absolute Gasteiger partial charge is 0.258 e. The summed E-state index contributed by atoms with van der Waals surface area (Å²) in [6.45, 7) is 2.05. The summed E-state index contributed by atoms with van der Waals surface area (Å²) in [7, 11) is 1.49. The molecule has 0 aliphatic heterocycles. The van der Waals surface area contributed by atoms with E-state index in [-0.39, 0.29) is 0 Å².